The fourth-order valence-corrected chi connectivity index (χ4v) is 4.12. The minimum atomic E-state index is -0.544. The van der Waals surface area contributed by atoms with Crippen LogP contribution in [0.15, 0.2) is 54.9 Å². The van der Waals surface area contributed by atoms with Crippen molar-refractivity contribution < 1.29 is 14.3 Å². The number of likely N-dealkylation sites (tertiary alicyclic amines) is 1. The summed E-state index contributed by atoms with van der Waals surface area (Å²) in [5.41, 5.74) is 1.56. The average molecular weight is 482 g/mol. The van der Waals surface area contributed by atoms with Crippen molar-refractivity contribution in [2.75, 3.05) is 18.4 Å². The lowest BCUT2D eigenvalue weighted by molar-refractivity contribution is 0.0203. The molecule has 8 nitrogen and oxygen atoms in total. The number of ether oxygens (including phenoxy) is 1. The van der Waals surface area contributed by atoms with E-state index in [1.165, 1.54) is 0 Å². The highest BCUT2D eigenvalue weighted by Crippen LogP contribution is 2.33. The SMILES string of the molecule is CC(C)(C)OC(=O)N1CCC(c2c(C(=O)Nc3ccccn3)cnn2-c2ccc(Cl)cc2)CC1. The van der Waals surface area contributed by atoms with Crippen LogP contribution in [0.2, 0.25) is 5.02 Å². The molecule has 0 spiro atoms. The van der Waals surface area contributed by atoms with Crippen molar-refractivity contribution >= 4 is 29.4 Å². The van der Waals surface area contributed by atoms with Crippen molar-refractivity contribution in [2.45, 2.75) is 45.1 Å². The number of carbonyl (C=O) groups excluding carboxylic acids is 2. The molecular formula is C25H28ClN5O3. The van der Waals surface area contributed by atoms with Gasteiger partial charge in [-0.3, -0.25) is 4.79 Å². The molecular weight excluding hydrogens is 454 g/mol. The Bertz CT molecular complexity index is 1150. The van der Waals surface area contributed by atoms with Crippen LogP contribution in [-0.2, 0) is 4.74 Å². The van der Waals surface area contributed by atoms with E-state index in [1.54, 1.807) is 46.2 Å². The van der Waals surface area contributed by atoms with Crippen LogP contribution in [0, 0.1) is 0 Å². The number of hydrogen-bond acceptors (Lipinski definition) is 5. The van der Waals surface area contributed by atoms with Crippen LogP contribution in [-0.4, -0.2) is 50.4 Å². The van der Waals surface area contributed by atoms with Crippen molar-refractivity contribution in [1.29, 1.82) is 0 Å². The van der Waals surface area contributed by atoms with Crippen LogP contribution >= 0.6 is 11.6 Å². The Kier molecular flexibility index (Phi) is 6.88. The van der Waals surface area contributed by atoms with Gasteiger partial charge in [-0.2, -0.15) is 5.10 Å². The molecule has 1 N–H and O–H groups in total. The number of carbonyl (C=O) groups is 2. The Morgan fingerprint density at radius 3 is 2.41 bits per heavy atom. The first-order chi connectivity index (χ1) is 16.2. The quantitative estimate of drug-likeness (QED) is 0.547. The summed E-state index contributed by atoms with van der Waals surface area (Å²) in [4.78, 5) is 31.6. The van der Waals surface area contributed by atoms with Gasteiger partial charge in [0, 0.05) is 30.2 Å². The summed E-state index contributed by atoms with van der Waals surface area (Å²) in [6.45, 7) is 6.64. The third-order valence-corrected chi connectivity index (χ3v) is 5.81. The van der Waals surface area contributed by atoms with E-state index < -0.39 is 5.60 Å². The van der Waals surface area contributed by atoms with Gasteiger partial charge < -0.3 is 15.0 Å². The third kappa shape index (κ3) is 5.56. The number of piperidine rings is 1. The molecule has 4 rings (SSSR count). The zero-order valence-corrected chi connectivity index (χ0v) is 20.2. The maximum absolute atomic E-state index is 13.2. The van der Waals surface area contributed by atoms with Crippen LogP contribution in [0.3, 0.4) is 0 Å². The van der Waals surface area contributed by atoms with E-state index >= 15 is 0 Å². The molecule has 3 aromatic rings. The highest BCUT2D eigenvalue weighted by Gasteiger charge is 2.32. The number of hydrogen-bond donors (Lipinski definition) is 1. The second-order valence-corrected chi connectivity index (χ2v) is 9.68. The van der Waals surface area contributed by atoms with Crippen LogP contribution in [0.5, 0.6) is 0 Å². The number of amides is 2. The fourth-order valence-electron chi connectivity index (χ4n) is 4.00. The summed E-state index contributed by atoms with van der Waals surface area (Å²) in [6.07, 6.45) is 4.26. The molecule has 3 heterocycles. The summed E-state index contributed by atoms with van der Waals surface area (Å²) < 4.78 is 7.31. The monoisotopic (exact) mass is 481 g/mol. The van der Waals surface area contributed by atoms with E-state index in [4.69, 9.17) is 16.3 Å². The van der Waals surface area contributed by atoms with Gasteiger partial charge in [0.25, 0.3) is 5.91 Å². The molecule has 0 radical (unpaired) electrons. The molecule has 178 valence electrons. The molecule has 34 heavy (non-hydrogen) atoms. The van der Waals surface area contributed by atoms with Crippen molar-refractivity contribution in [3.63, 3.8) is 0 Å². The van der Waals surface area contributed by atoms with Crippen molar-refractivity contribution in [3.8, 4) is 5.69 Å². The lowest BCUT2D eigenvalue weighted by Gasteiger charge is -2.34. The summed E-state index contributed by atoms with van der Waals surface area (Å²) in [6, 6.07) is 12.7. The second-order valence-electron chi connectivity index (χ2n) is 9.24. The predicted molar refractivity (Wildman–Crippen MR) is 131 cm³/mol. The van der Waals surface area contributed by atoms with Gasteiger partial charge in [0.05, 0.1) is 23.1 Å². The first-order valence-electron chi connectivity index (χ1n) is 11.3. The van der Waals surface area contributed by atoms with Gasteiger partial charge in [-0.1, -0.05) is 17.7 Å². The number of nitrogens with zero attached hydrogens (tertiary/aromatic N) is 4. The molecule has 1 saturated heterocycles. The first-order valence-corrected chi connectivity index (χ1v) is 11.6. The molecule has 1 aliphatic rings. The van der Waals surface area contributed by atoms with E-state index in [0.717, 1.165) is 11.4 Å². The van der Waals surface area contributed by atoms with Crippen molar-refractivity contribution in [3.05, 3.63) is 71.1 Å². The van der Waals surface area contributed by atoms with Crippen molar-refractivity contribution in [1.82, 2.24) is 19.7 Å². The predicted octanol–water partition coefficient (Wildman–Crippen LogP) is 5.29. The molecule has 1 fully saturated rings. The summed E-state index contributed by atoms with van der Waals surface area (Å²) in [5.74, 6) is 0.224. The van der Waals surface area contributed by atoms with E-state index in [-0.39, 0.29) is 17.9 Å². The Morgan fingerprint density at radius 2 is 1.79 bits per heavy atom. The van der Waals surface area contributed by atoms with Gasteiger partial charge >= 0.3 is 6.09 Å². The lowest BCUT2D eigenvalue weighted by Crippen LogP contribution is -2.41. The zero-order chi connectivity index (χ0) is 24.3. The number of anilines is 1. The highest BCUT2D eigenvalue weighted by molar-refractivity contribution is 6.30. The fraction of sp³-hybridized carbons (Fsp3) is 0.360. The third-order valence-electron chi connectivity index (χ3n) is 5.56. The number of halogens is 1. The Hall–Kier alpha value is -3.39. The van der Waals surface area contributed by atoms with Crippen molar-refractivity contribution in [2.24, 2.45) is 0 Å². The molecule has 2 amide bonds. The second kappa shape index (κ2) is 9.85. The molecule has 9 heteroatoms. The molecule has 1 aliphatic heterocycles. The van der Waals surface area contributed by atoms with E-state index in [2.05, 4.69) is 15.4 Å². The van der Waals surface area contributed by atoms with E-state index in [9.17, 15) is 9.59 Å². The number of nitrogens with one attached hydrogen (secondary N) is 1. The molecule has 0 unspecified atom stereocenters. The summed E-state index contributed by atoms with van der Waals surface area (Å²) in [7, 11) is 0. The van der Waals surface area contributed by atoms with Crippen LogP contribution < -0.4 is 5.32 Å². The largest absolute Gasteiger partial charge is 0.444 e. The maximum Gasteiger partial charge on any atom is 0.410 e. The Balaban J connectivity index is 1.60. The minimum absolute atomic E-state index is 0.0290. The van der Waals surface area contributed by atoms with Crippen LogP contribution in [0.4, 0.5) is 10.6 Å². The van der Waals surface area contributed by atoms with Crippen LogP contribution in [0.25, 0.3) is 5.69 Å². The molecule has 1 aromatic carbocycles. The molecule has 0 atom stereocenters. The molecule has 2 aromatic heterocycles. The normalized spacial score (nSPS) is 14.6. The van der Waals surface area contributed by atoms with Gasteiger partial charge in [-0.25, -0.2) is 14.5 Å². The number of benzene rings is 1. The van der Waals surface area contributed by atoms with E-state index in [0.29, 0.717) is 42.3 Å². The van der Waals surface area contributed by atoms with Gasteiger partial charge in [0.2, 0.25) is 0 Å². The molecule has 0 aliphatic carbocycles. The van der Waals surface area contributed by atoms with Gasteiger partial charge in [-0.05, 0) is 70.0 Å². The Labute approximate surface area is 203 Å². The first kappa shape index (κ1) is 23.8. The topological polar surface area (TPSA) is 89.3 Å². The van der Waals surface area contributed by atoms with Crippen LogP contribution in [0.1, 0.15) is 55.6 Å². The summed E-state index contributed by atoms with van der Waals surface area (Å²) >= 11 is 6.07. The lowest BCUT2D eigenvalue weighted by atomic mass is 9.91. The molecule has 0 saturated carbocycles. The zero-order valence-electron chi connectivity index (χ0n) is 19.5. The number of rotatable bonds is 4. The highest BCUT2D eigenvalue weighted by atomic mass is 35.5. The standard InChI is InChI=1S/C25H28ClN5O3/c1-25(2,3)34-24(33)30-14-11-17(12-15-30)22-20(23(32)29-21-6-4-5-13-27-21)16-28-31(22)19-9-7-18(26)8-10-19/h4-10,13,16-17H,11-12,14-15H2,1-3H3,(H,27,29,32). The van der Waals surface area contributed by atoms with Gasteiger partial charge in [0.15, 0.2) is 0 Å². The number of aromatic nitrogens is 3. The van der Waals surface area contributed by atoms with E-state index in [1.807, 2.05) is 39.0 Å². The smallest absolute Gasteiger partial charge is 0.410 e. The summed E-state index contributed by atoms with van der Waals surface area (Å²) in [5, 5.41) is 8.02. The minimum Gasteiger partial charge on any atom is -0.444 e. The van der Waals surface area contributed by atoms with Gasteiger partial charge in [-0.15, -0.1) is 0 Å². The average Bonchev–Trinajstić information content (AvgIpc) is 3.24. The number of pyridine rings is 1. The van der Waals surface area contributed by atoms with Gasteiger partial charge in [0.1, 0.15) is 11.4 Å². The maximum atomic E-state index is 13.2. The molecule has 0 bridgehead atoms. The Morgan fingerprint density at radius 1 is 1.09 bits per heavy atom.